The van der Waals surface area contributed by atoms with Gasteiger partial charge >= 0.3 is 0 Å². The fourth-order valence-electron chi connectivity index (χ4n) is 3.05. The molecule has 6 N–H and O–H groups in total. The lowest BCUT2D eigenvalue weighted by Crippen LogP contribution is -2.45. The van der Waals surface area contributed by atoms with Gasteiger partial charge in [0, 0.05) is 12.8 Å². The van der Waals surface area contributed by atoms with Crippen molar-refractivity contribution in [2.24, 2.45) is 10.2 Å². The number of azo groups is 1. The summed E-state index contributed by atoms with van der Waals surface area (Å²) in [5, 5.41) is 66.4. The van der Waals surface area contributed by atoms with E-state index in [4.69, 9.17) is 14.9 Å². The molecule has 2 aromatic rings. The molecule has 0 saturated carbocycles. The minimum atomic E-state index is -1.33. The molecule has 176 valence electrons. The predicted molar refractivity (Wildman–Crippen MR) is 118 cm³/mol. The summed E-state index contributed by atoms with van der Waals surface area (Å²) in [4.78, 5) is 0. The van der Waals surface area contributed by atoms with E-state index >= 15 is 0 Å². The van der Waals surface area contributed by atoms with Gasteiger partial charge in [-0.25, -0.2) is 0 Å². The third kappa shape index (κ3) is 8.27. The van der Waals surface area contributed by atoms with Crippen LogP contribution in [0.15, 0.2) is 58.8 Å². The number of hydrogen-bond donors (Lipinski definition) is 6. The molecular formula is C23H32N2O7. The molecule has 4 unspecified atom stereocenters. The van der Waals surface area contributed by atoms with Crippen molar-refractivity contribution in [1.82, 2.24) is 0 Å². The Bertz CT molecular complexity index is 796. The van der Waals surface area contributed by atoms with Crippen molar-refractivity contribution in [2.75, 3.05) is 13.2 Å². The maximum Gasteiger partial charge on any atom is 0.150 e. The first-order chi connectivity index (χ1) is 15.4. The minimum absolute atomic E-state index is 0.240. The van der Waals surface area contributed by atoms with Gasteiger partial charge in [-0.2, -0.15) is 10.2 Å². The number of aliphatic hydroxyl groups excluding tert-OH is 6. The molecule has 0 bridgehead atoms. The van der Waals surface area contributed by atoms with E-state index in [9.17, 15) is 20.4 Å². The van der Waals surface area contributed by atoms with Crippen molar-refractivity contribution < 1.29 is 35.4 Å². The van der Waals surface area contributed by atoms with Crippen molar-refractivity contribution in [3.8, 4) is 5.75 Å². The van der Waals surface area contributed by atoms with Crippen molar-refractivity contribution in [3.05, 3.63) is 54.1 Å². The van der Waals surface area contributed by atoms with Gasteiger partial charge in [0.05, 0.1) is 49.0 Å². The van der Waals surface area contributed by atoms with Crippen LogP contribution in [-0.2, 0) is 6.42 Å². The molecule has 0 radical (unpaired) electrons. The van der Waals surface area contributed by atoms with Gasteiger partial charge in [-0.15, -0.1) is 0 Å². The van der Waals surface area contributed by atoms with Gasteiger partial charge < -0.3 is 35.4 Å². The fourth-order valence-corrected chi connectivity index (χ4v) is 3.05. The van der Waals surface area contributed by atoms with Crippen LogP contribution in [0.5, 0.6) is 5.75 Å². The molecule has 2 rings (SSSR count). The topological polar surface area (TPSA) is 155 Å². The first-order valence-corrected chi connectivity index (χ1v) is 10.6. The van der Waals surface area contributed by atoms with Crippen LogP contribution in [0.2, 0.25) is 0 Å². The molecule has 4 atom stereocenters. The molecule has 32 heavy (non-hydrogen) atoms. The Labute approximate surface area is 187 Å². The summed E-state index contributed by atoms with van der Waals surface area (Å²) in [5.74, 6) is 0.316. The average molecular weight is 449 g/mol. The zero-order valence-corrected chi connectivity index (χ0v) is 18.0. The Morgan fingerprint density at radius 3 is 1.56 bits per heavy atom. The largest absolute Gasteiger partial charge is 0.485 e. The van der Waals surface area contributed by atoms with Crippen LogP contribution in [0.25, 0.3) is 0 Å². The number of aliphatic hydroxyl groups is 6. The molecule has 0 fully saturated rings. The summed E-state index contributed by atoms with van der Waals surface area (Å²) in [6.45, 7) is 0.965. The lowest BCUT2D eigenvalue weighted by atomic mass is 9.98. The smallest absolute Gasteiger partial charge is 0.150 e. The van der Waals surface area contributed by atoms with E-state index in [-0.39, 0.29) is 12.8 Å². The third-order valence-corrected chi connectivity index (χ3v) is 4.94. The zero-order valence-electron chi connectivity index (χ0n) is 18.0. The van der Waals surface area contributed by atoms with E-state index < -0.39 is 43.7 Å². The quantitative estimate of drug-likeness (QED) is 0.254. The van der Waals surface area contributed by atoms with E-state index in [1.54, 1.807) is 24.3 Å². The minimum Gasteiger partial charge on any atom is -0.485 e. The lowest BCUT2D eigenvalue weighted by Gasteiger charge is -2.30. The summed E-state index contributed by atoms with van der Waals surface area (Å²) < 4.78 is 5.71. The lowest BCUT2D eigenvalue weighted by molar-refractivity contribution is -0.0797. The van der Waals surface area contributed by atoms with E-state index in [1.165, 1.54) is 5.56 Å². The molecule has 0 spiro atoms. The standard InChI is InChI=1S/C23H32N2O7/c1-2-15-3-5-16(6-4-15)24-25-17-7-9-20(10-8-17)32-23(21(30)11-18(28)13-26)22(31)12-19(29)14-27/h3-10,18-19,21-23,26-31H,2,11-14H2,1H3/b25-24+. The van der Waals surface area contributed by atoms with Crippen molar-refractivity contribution >= 4 is 11.4 Å². The van der Waals surface area contributed by atoms with Crippen LogP contribution in [0.3, 0.4) is 0 Å². The molecule has 0 aliphatic rings. The van der Waals surface area contributed by atoms with Gasteiger partial charge in [0.1, 0.15) is 5.75 Å². The number of rotatable bonds is 13. The Kier molecular flexibility index (Phi) is 10.7. The van der Waals surface area contributed by atoms with Crippen molar-refractivity contribution in [3.63, 3.8) is 0 Å². The molecule has 0 aliphatic heterocycles. The summed E-state index contributed by atoms with van der Waals surface area (Å²) in [7, 11) is 0. The number of aryl methyl sites for hydroxylation is 1. The highest BCUT2D eigenvalue weighted by molar-refractivity contribution is 5.43. The predicted octanol–water partition coefficient (Wildman–Crippen LogP) is 1.62. The van der Waals surface area contributed by atoms with Crippen molar-refractivity contribution in [2.45, 2.75) is 56.7 Å². The number of benzene rings is 2. The zero-order chi connectivity index (χ0) is 23.5. The van der Waals surface area contributed by atoms with Crippen LogP contribution < -0.4 is 4.74 Å². The summed E-state index contributed by atoms with van der Waals surface area (Å²) >= 11 is 0. The first kappa shape index (κ1) is 25.9. The molecular weight excluding hydrogens is 416 g/mol. The van der Waals surface area contributed by atoms with Crippen LogP contribution in [-0.4, -0.2) is 74.4 Å². The second-order valence-corrected chi connectivity index (χ2v) is 7.58. The van der Waals surface area contributed by atoms with Crippen LogP contribution in [0, 0.1) is 0 Å². The second kappa shape index (κ2) is 13.2. The van der Waals surface area contributed by atoms with E-state index in [1.807, 2.05) is 24.3 Å². The first-order valence-electron chi connectivity index (χ1n) is 10.6. The highest BCUT2D eigenvalue weighted by atomic mass is 16.5. The van der Waals surface area contributed by atoms with E-state index in [0.717, 1.165) is 12.1 Å². The maximum absolute atomic E-state index is 10.4. The number of ether oxygens (including phenoxy) is 1. The number of hydrogen-bond acceptors (Lipinski definition) is 9. The summed E-state index contributed by atoms with van der Waals surface area (Å²) in [6, 6.07) is 14.2. The van der Waals surface area contributed by atoms with Gasteiger partial charge in [0.2, 0.25) is 0 Å². The highest BCUT2D eigenvalue weighted by Crippen LogP contribution is 2.24. The number of nitrogens with zero attached hydrogens (tertiary/aromatic N) is 2. The SMILES string of the molecule is CCc1ccc(/N=N/c2ccc(OC(C(O)CC(O)CO)C(O)CC(O)CO)cc2)cc1. The molecule has 0 heterocycles. The monoisotopic (exact) mass is 448 g/mol. The Morgan fingerprint density at radius 1 is 0.719 bits per heavy atom. The second-order valence-electron chi connectivity index (χ2n) is 7.58. The molecule has 0 aromatic heterocycles. The molecule has 0 saturated heterocycles. The third-order valence-electron chi connectivity index (χ3n) is 4.94. The van der Waals surface area contributed by atoms with Crippen LogP contribution >= 0.6 is 0 Å². The molecule has 9 nitrogen and oxygen atoms in total. The molecule has 0 amide bonds. The van der Waals surface area contributed by atoms with E-state index in [2.05, 4.69) is 17.2 Å². The van der Waals surface area contributed by atoms with Crippen LogP contribution in [0.1, 0.15) is 25.3 Å². The molecule has 2 aromatic carbocycles. The van der Waals surface area contributed by atoms with Gasteiger partial charge in [0.25, 0.3) is 0 Å². The Balaban J connectivity index is 2.08. The van der Waals surface area contributed by atoms with Crippen LogP contribution in [0.4, 0.5) is 11.4 Å². The normalized spacial score (nSPS) is 16.5. The van der Waals surface area contributed by atoms with Gasteiger partial charge in [-0.3, -0.25) is 0 Å². The van der Waals surface area contributed by atoms with Gasteiger partial charge in [-0.1, -0.05) is 19.1 Å². The fraction of sp³-hybridized carbons (Fsp3) is 0.478. The molecule has 0 aliphatic carbocycles. The summed E-state index contributed by atoms with van der Waals surface area (Å²) in [5.41, 5.74) is 2.50. The van der Waals surface area contributed by atoms with Gasteiger partial charge in [0.15, 0.2) is 6.10 Å². The van der Waals surface area contributed by atoms with E-state index in [0.29, 0.717) is 11.4 Å². The van der Waals surface area contributed by atoms with Crippen molar-refractivity contribution in [1.29, 1.82) is 0 Å². The van der Waals surface area contributed by atoms with Gasteiger partial charge in [-0.05, 0) is 48.4 Å². The molecule has 9 heteroatoms. The highest BCUT2D eigenvalue weighted by Gasteiger charge is 2.32. The summed E-state index contributed by atoms with van der Waals surface area (Å²) in [6.07, 6.45) is -5.79. The Hall–Kier alpha value is -2.40. The Morgan fingerprint density at radius 2 is 1.16 bits per heavy atom. The average Bonchev–Trinajstić information content (AvgIpc) is 2.81. The maximum atomic E-state index is 10.4.